The molecule has 1 atom stereocenters. The van der Waals surface area contributed by atoms with Crippen molar-refractivity contribution in [1.82, 2.24) is 9.29 Å². The fourth-order valence-electron chi connectivity index (χ4n) is 3.48. The number of hydrogen-bond acceptors (Lipinski definition) is 7. The number of rotatable bonds is 6. The lowest BCUT2D eigenvalue weighted by atomic mass is 9.96. The Morgan fingerprint density at radius 3 is 2.61 bits per heavy atom. The molecule has 1 aliphatic heterocycles. The first-order valence-corrected chi connectivity index (χ1v) is 12.5. The number of ether oxygens (including phenoxy) is 1. The van der Waals surface area contributed by atoms with Crippen molar-refractivity contribution in [3.63, 3.8) is 0 Å². The van der Waals surface area contributed by atoms with E-state index in [2.05, 4.69) is 10.3 Å². The Morgan fingerprint density at radius 1 is 1.19 bits per heavy atom. The molecule has 3 aromatic rings. The van der Waals surface area contributed by atoms with Gasteiger partial charge in [0.2, 0.25) is 10.0 Å². The first-order chi connectivity index (χ1) is 14.8. The molecule has 162 valence electrons. The number of nitrogens with one attached hydrogen (secondary N) is 1. The molecule has 31 heavy (non-hydrogen) atoms. The summed E-state index contributed by atoms with van der Waals surface area (Å²) >= 11 is 1.41. The molecule has 4 rings (SSSR count). The molecule has 0 saturated heterocycles. The summed E-state index contributed by atoms with van der Waals surface area (Å²) < 4.78 is 31.2. The summed E-state index contributed by atoms with van der Waals surface area (Å²) in [7, 11) is -3.57. The molecule has 2 heterocycles. The van der Waals surface area contributed by atoms with E-state index in [-0.39, 0.29) is 13.2 Å². The number of aromatic nitrogens is 1. The van der Waals surface area contributed by atoms with Crippen molar-refractivity contribution >= 4 is 38.1 Å². The molecule has 1 N–H and O–H groups in total. The zero-order valence-corrected chi connectivity index (χ0v) is 18.9. The van der Waals surface area contributed by atoms with Crippen LogP contribution in [-0.2, 0) is 39.1 Å². The Morgan fingerprint density at radius 2 is 1.90 bits per heavy atom. The molecule has 0 amide bonds. The number of carbonyl (C=O) groups excluding carboxylic acids is 1. The van der Waals surface area contributed by atoms with E-state index in [0.29, 0.717) is 17.2 Å². The molecule has 2 aromatic carbocycles. The first kappa shape index (κ1) is 21.5. The number of fused-ring (bicyclic) bond motifs is 1. The maximum atomic E-state index is 12.8. The average Bonchev–Trinajstić information content (AvgIpc) is 3.19. The molecule has 0 bridgehead atoms. The van der Waals surface area contributed by atoms with Gasteiger partial charge in [0.1, 0.15) is 12.6 Å². The van der Waals surface area contributed by atoms with Gasteiger partial charge in [-0.15, -0.1) is 11.3 Å². The number of anilines is 2. The van der Waals surface area contributed by atoms with E-state index >= 15 is 0 Å². The topological polar surface area (TPSA) is 88.6 Å². The van der Waals surface area contributed by atoms with Gasteiger partial charge in [-0.1, -0.05) is 42.0 Å². The molecular weight excluding hydrogens is 434 g/mol. The van der Waals surface area contributed by atoms with Crippen molar-refractivity contribution < 1.29 is 17.9 Å². The molecule has 1 aliphatic rings. The zero-order valence-electron chi connectivity index (χ0n) is 17.2. The van der Waals surface area contributed by atoms with Gasteiger partial charge in [0.15, 0.2) is 5.13 Å². The minimum atomic E-state index is -3.57. The van der Waals surface area contributed by atoms with Crippen LogP contribution in [0.5, 0.6) is 0 Å². The van der Waals surface area contributed by atoms with E-state index in [0.717, 1.165) is 23.1 Å². The second-order valence-corrected chi connectivity index (χ2v) is 10.3. The lowest BCUT2D eigenvalue weighted by Crippen LogP contribution is -2.48. The molecule has 0 spiro atoms. The van der Waals surface area contributed by atoms with Gasteiger partial charge in [0, 0.05) is 24.0 Å². The lowest BCUT2D eigenvalue weighted by Gasteiger charge is -2.33. The second kappa shape index (κ2) is 8.78. The van der Waals surface area contributed by atoms with Gasteiger partial charge in [-0.2, -0.15) is 4.31 Å². The Kier molecular flexibility index (Phi) is 6.08. The highest BCUT2D eigenvalue weighted by Gasteiger charge is 2.37. The highest BCUT2D eigenvalue weighted by molar-refractivity contribution is 7.88. The van der Waals surface area contributed by atoms with Crippen LogP contribution < -0.4 is 5.32 Å². The van der Waals surface area contributed by atoms with Gasteiger partial charge in [0.05, 0.1) is 11.9 Å². The number of esters is 1. The zero-order chi connectivity index (χ0) is 22.0. The maximum Gasteiger partial charge on any atom is 0.325 e. The normalized spacial score (nSPS) is 16.5. The van der Waals surface area contributed by atoms with Crippen molar-refractivity contribution in [1.29, 1.82) is 0 Å². The predicted octanol–water partition coefficient (Wildman–Crippen LogP) is 3.62. The van der Waals surface area contributed by atoms with E-state index in [1.807, 2.05) is 60.8 Å². The molecule has 0 saturated carbocycles. The van der Waals surface area contributed by atoms with Crippen LogP contribution in [0.25, 0.3) is 0 Å². The third-order valence-corrected chi connectivity index (χ3v) is 7.16. The summed E-state index contributed by atoms with van der Waals surface area (Å²) in [5, 5.41) is 5.73. The van der Waals surface area contributed by atoms with Gasteiger partial charge in [-0.05, 0) is 30.2 Å². The smallest absolute Gasteiger partial charge is 0.325 e. The Bertz CT molecular complexity index is 1190. The SMILES string of the molecule is Cc1ccc(Nc2nc(COC(=O)[C@H]3Cc4ccccc4CN3S(C)(=O)=O)cs2)cc1. The van der Waals surface area contributed by atoms with Crippen LogP contribution in [0.2, 0.25) is 0 Å². The summed E-state index contributed by atoms with van der Waals surface area (Å²) in [6, 6.07) is 14.6. The van der Waals surface area contributed by atoms with Crippen LogP contribution in [-0.4, -0.2) is 36.0 Å². The van der Waals surface area contributed by atoms with Crippen LogP contribution in [0.1, 0.15) is 22.4 Å². The van der Waals surface area contributed by atoms with E-state index in [9.17, 15) is 13.2 Å². The lowest BCUT2D eigenvalue weighted by molar-refractivity contribution is -0.150. The van der Waals surface area contributed by atoms with E-state index in [1.54, 1.807) is 0 Å². The van der Waals surface area contributed by atoms with Crippen LogP contribution in [0.15, 0.2) is 53.9 Å². The quantitative estimate of drug-likeness (QED) is 0.569. The fourth-order valence-corrected chi connectivity index (χ4v) is 5.19. The number of benzene rings is 2. The highest BCUT2D eigenvalue weighted by Crippen LogP contribution is 2.27. The number of sulfonamides is 1. The third kappa shape index (κ3) is 5.12. The Labute approximate surface area is 185 Å². The summed E-state index contributed by atoms with van der Waals surface area (Å²) in [5.41, 5.74) is 4.57. The Hall–Kier alpha value is -2.75. The largest absolute Gasteiger partial charge is 0.458 e. The van der Waals surface area contributed by atoms with Gasteiger partial charge in [-0.3, -0.25) is 4.79 Å². The molecule has 1 aromatic heterocycles. The van der Waals surface area contributed by atoms with E-state index < -0.39 is 22.0 Å². The predicted molar refractivity (Wildman–Crippen MR) is 121 cm³/mol. The molecule has 9 heteroatoms. The minimum Gasteiger partial charge on any atom is -0.458 e. The summed E-state index contributed by atoms with van der Waals surface area (Å²) in [6.45, 7) is 2.17. The van der Waals surface area contributed by atoms with Crippen LogP contribution in [0.3, 0.4) is 0 Å². The van der Waals surface area contributed by atoms with Crippen molar-refractivity contribution in [2.75, 3.05) is 11.6 Å². The minimum absolute atomic E-state index is 0.0132. The van der Waals surface area contributed by atoms with Gasteiger partial charge >= 0.3 is 5.97 Å². The summed E-state index contributed by atoms with van der Waals surface area (Å²) in [6.07, 6.45) is 1.41. The molecule has 0 radical (unpaired) electrons. The summed E-state index contributed by atoms with van der Waals surface area (Å²) in [4.78, 5) is 17.2. The van der Waals surface area contributed by atoms with Crippen molar-refractivity contribution in [3.05, 3.63) is 76.3 Å². The van der Waals surface area contributed by atoms with Gasteiger partial charge in [-0.25, -0.2) is 13.4 Å². The first-order valence-electron chi connectivity index (χ1n) is 9.78. The number of hydrogen-bond donors (Lipinski definition) is 1. The summed E-state index contributed by atoms with van der Waals surface area (Å²) in [5.74, 6) is -0.569. The second-order valence-electron chi connectivity index (χ2n) is 7.54. The monoisotopic (exact) mass is 457 g/mol. The maximum absolute atomic E-state index is 12.8. The van der Waals surface area contributed by atoms with Crippen molar-refractivity contribution in [2.45, 2.75) is 32.5 Å². The van der Waals surface area contributed by atoms with Crippen molar-refractivity contribution in [3.8, 4) is 0 Å². The number of thiazole rings is 1. The fraction of sp³-hybridized carbons (Fsp3) is 0.273. The highest BCUT2D eigenvalue weighted by atomic mass is 32.2. The Balaban J connectivity index is 1.42. The van der Waals surface area contributed by atoms with Crippen LogP contribution in [0, 0.1) is 6.92 Å². The van der Waals surface area contributed by atoms with Gasteiger partial charge < -0.3 is 10.1 Å². The number of carbonyl (C=O) groups is 1. The molecule has 0 fully saturated rings. The van der Waals surface area contributed by atoms with Crippen molar-refractivity contribution in [2.24, 2.45) is 0 Å². The van der Waals surface area contributed by atoms with E-state index in [1.165, 1.54) is 21.2 Å². The number of aryl methyl sites for hydroxylation is 1. The van der Waals surface area contributed by atoms with Crippen LogP contribution in [0.4, 0.5) is 10.8 Å². The number of nitrogens with zero attached hydrogens (tertiary/aromatic N) is 2. The molecule has 0 unspecified atom stereocenters. The third-order valence-electron chi connectivity index (χ3n) is 5.12. The standard InChI is InChI=1S/C22H23N3O4S2/c1-15-7-9-18(10-8-15)23-22-24-19(14-30-22)13-29-21(26)20-11-16-5-3-4-6-17(16)12-25(20)31(2,27)28/h3-10,14,20H,11-13H2,1-2H3,(H,23,24)/t20-/m1/s1. The van der Waals surface area contributed by atoms with Gasteiger partial charge in [0.25, 0.3) is 0 Å². The molecule has 0 aliphatic carbocycles. The molecular formula is C22H23N3O4S2. The van der Waals surface area contributed by atoms with Crippen LogP contribution >= 0.6 is 11.3 Å². The molecule has 7 nitrogen and oxygen atoms in total. The average molecular weight is 458 g/mol. The van der Waals surface area contributed by atoms with E-state index in [4.69, 9.17) is 4.74 Å².